The van der Waals surface area contributed by atoms with Gasteiger partial charge in [-0.25, -0.2) is 4.79 Å². The fourth-order valence-corrected chi connectivity index (χ4v) is 2.78. The molecule has 20 heavy (non-hydrogen) atoms. The summed E-state index contributed by atoms with van der Waals surface area (Å²) in [6.45, 7) is 3.61. The Morgan fingerprint density at radius 3 is 2.60 bits per heavy atom. The van der Waals surface area contributed by atoms with Crippen LogP contribution in [0.1, 0.15) is 26.7 Å². The highest BCUT2D eigenvalue weighted by atomic mass is 35.5. The average molecular weight is 316 g/mol. The second kappa shape index (κ2) is 8.17. The number of carbonyl (C=O) groups is 2. The minimum atomic E-state index is -1.00. The number of hydrogen-bond acceptors (Lipinski definition) is 3. The lowest BCUT2D eigenvalue weighted by atomic mass is 10.1. The Morgan fingerprint density at radius 2 is 2.05 bits per heavy atom. The summed E-state index contributed by atoms with van der Waals surface area (Å²) in [5, 5.41) is 11.8. The minimum absolute atomic E-state index is 0.296. The molecule has 2 unspecified atom stereocenters. The Kier molecular flexibility index (Phi) is 6.88. The number of nitrogens with one attached hydrogen (secondary N) is 1. The molecule has 0 fully saturated rings. The molecule has 2 atom stereocenters. The van der Waals surface area contributed by atoms with Gasteiger partial charge in [-0.1, -0.05) is 37.1 Å². The molecule has 110 valence electrons. The molecule has 1 amide bonds. The first-order valence-electron chi connectivity index (χ1n) is 6.40. The number of aliphatic carboxylic acids is 1. The van der Waals surface area contributed by atoms with Crippen molar-refractivity contribution in [1.82, 2.24) is 5.32 Å². The van der Waals surface area contributed by atoms with Gasteiger partial charge in [0.05, 0.1) is 10.3 Å². The van der Waals surface area contributed by atoms with E-state index >= 15 is 0 Å². The molecule has 4 nitrogen and oxygen atoms in total. The summed E-state index contributed by atoms with van der Waals surface area (Å²) in [5.41, 5.74) is 0. The molecule has 1 aromatic rings. The molecule has 6 heteroatoms. The molecule has 0 radical (unpaired) electrons. The smallest absolute Gasteiger partial charge is 0.326 e. The van der Waals surface area contributed by atoms with Gasteiger partial charge in [0.1, 0.15) is 6.04 Å². The number of hydrogen-bond donors (Lipinski definition) is 2. The van der Waals surface area contributed by atoms with E-state index in [0.29, 0.717) is 17.9 Å². The third-order valence-electron chi connectivity index (χ3n) is 2.70. The molecule has 1 rings (SSSR count). The van der Waals surface area contributed by atoms with Crippen LogP contribution in [0.15, 0.2) is 29.2 Å². The second-order valence-corrected chi connectivity index (χ2v) is 6.17. The molecular weight excluding hydrogens is 298 g/mol. The van der Waals surface area contributed by atoms with Crippen molar-refractivity contribution in [1.29, 1.82) is 0 Å². The lowest BCUT2D eigenvalue weighted by Gasteiger charge is -2.17. The van der Waals surface area contributed by atoms with Gasteiger partial charge in [0.2, 0.25) is 5.91 Å². The number of benzene rings is 1. The zero-order valence-corrected chi connectivity index (χ0v) is 13.0. The summed E-state index contributed by atoms with van der Waals surface area (Å²) in [6.07, 6.45) is 1.12. The molecule has 1 aromatic carbocycles. The number of carbonyl (C=O) groups excluding carboxylic acids is 1. The van der Waals surface area contributed by atoms with Crippen molar-refractivity contribution in [3.8, 4) is 0 Å². The summed E-state index contributed by atoms with van der Waals surface area (Å²) >= 11 is 7.35. The maximum Gasteiger partial charge on any atom is 0.326 e. The third kappa shape index (κ3) is 5.06. The van der Waals surface area contributed by atoms with E-state index < -0.39 is 17.3 Å². The van der Waals surface area contributed by atoms with Gasteiger partial charge in [0, 0.05) is 4.90 Å². The van der Waals surface area contributed by atoms with Gasteiger partial charge < -0.3 is 10.4 Å². The van der Waals surface area contributed by atoms with E-state index in [0.717, 1.165) is 4.90 Å². The van der Waals surface area contributed by atoms with Crippen LogP contribution < -0.4 is 5.32 Å². The third-order valence-corrected chi connectivity index (χ3v) is 4.32. The Bertz CT molecular complexity index is 481. The normalized spacial score (nSPS) is 13.6. The highest BCUT2D eigenvalue weighted by Gasteiger charge is 2.23. The molecular formula is C14H18ClNO3S. The number of carboxylic acids is 1. The topological polar surface area (TPSA) is 66.4 Å². The molecule has 0 aromatic heterocycles. The zero-order chi connectivity index (χ0) is 15.1. The number of thioether (sulfide) groups is 1. The van der Waals surface area contributed by atoms with Crippen LogP contribution in [-0.2, 0) is 9.59 Å². The van der Waals surface area contributed by atoms with E-state index in [4.69, 9.17) is 16.7 Å². The van der Waals surface area contributed by atoms with E-state index in [2.05, 4.69) is 5.32 Å². The SMILES string of the molecule is CCCC(NC(=O)C(C)Sc1ccccc1Cl)C(=O)O. The number of halogens is 1. The van der Waals surface area contributed by atoms with Gasteiger partial charge in [0.15, 0.2) is 0 Å². The molecule has 0 aliphatic carbocycles. The highest BCUT2D eigenvalue weighted by molar-refractivity contribution is 8.00. The minimum Gasteiger partial charge on any atom is -0.480 e. The zero-order valence-electron chi connectivity index (χ0n) is 11.4. The Balaban J connectivity index is 2.63. The second-order valence-electron chi connectivity index (χ2n) is 4.38. The van der Waals surface area contributed by atoms with Crippen molar-refractivity contribution >= 4 is 35.2 Å². The van der Waals surface area contributed by atoms with Crippen molar-refractivity contribution in [3.05, 3.63) is 29.3 Å². The monoisotopic (exact) mass is 315 g/mol. The molecule has 0 aliphatic heterocycles. The van der Waals surface area contributed by atoms with Crippen LogP contribution in [0.3, 0.4) is 0 Å². The van der Waals surface area contributed by atoms with E-state index in [1.807, 2.05) is 25.1 Å². The number of carboxylic acid groups (broad SMARTS) is 1. The first-order chi connectivity index (χ1) is 9.45. The predicted octanol–water partition coefficient (Wildman–Crippen LogP) is 3.19. The van der Waals surface area contributed by atoms with Crippen molar-refractivity contribution in [2.45, 2.75) is 42.9 Å². The maximum absolute atomic E-state index is 12.0. The lowest BCUT2D eigenvalue weighted by Crippen LogP contribution is -2.43. The summed E-state index contributed by atoms with van der Waals surface area (Å²) in [5.74, 6) is -1.30. The van der Waals surface area contributed by atoms with Gasteiger partial charge in [0.25, 0.3) is 0 Å². The molecule has 0 heterocycles. The summed E-state index contributed by atoms with van der Waals surface area (Å²) in [6, 6.07) is 6.42. The van der Waals surface area contributed by atoms with Crippen LogP contribution in [0.4, 0.5) is 0 Å². The summed E-state index contributed by atoms with van der Waals surface area (Å²) < 4.78 is 0. The predicted molar refractivity (Wildman–Crippen MR) is 81.2 cm³/mol. The van der Waals surface area contributed by atoms with Crippen molar-refractivity contribution in [2.24, 2.45) is 0 Å². The van der Waals surface area contributed by atoms with Gasteiger partial charge in [-0.2, -0.15) is 0 Å². The van der Waals surface area contributed by atoms with E-state index in [-0.39, 0.29) is 5.91 Å². The van der Waals surface area contributed by atoms with Gasteiger partial charge in [-0.3, -0.25) is 4.79 Å². The van der Waals surface area contributed by atoms with Crippen LogP contribution in [0.25, 0.3) is 0 Å². The van der Waals surface area contributed by atoms with Crippen LogP contribution >= 0.6 is 23.4 Å². The molecule has 0 bridgehead atoms. The quantitative estimate of drug-likeness (QED) is 0.758. The molecule has 0 saturated heterocycles. The van der Waals surface area contributed by atoms with Crippen LogP contribution in [-0.4, -0.2) is 28.3 Å². The largest absolute Gasteiger partial charge is 0.480 e. The van der Waals surface area contributed by atoms with Crippen LogP contribution in [0.5, 0.6) is 0 Å². The maximum atomic E-state index is 12.0. The van der Waals surface area contributed by atoms with Gasteiger partial charge in [-0.05, 0) is 25.5 Å². The fraction of sp³-hybridized carbons (Fsp3) is 0.429. The van der Waals surface area contributed by atoms with Crippen molar-refractivity contribution in [3.63, 3.8) is 0 Å². The molecule has 0 spiro atoms. The molecule has 2 N–H and O–H groups in total. The summed E-state index contributed by atoms with van der Waals surface area (Å²) in [4.78, 5) is 23.8. The van der Waals surface area contributed by atoms with Gasteiger partial charge >= 0.3 is 5.97 Å². The van der Waals surface area contributed by atoms with Crippen molar-refractivity contribution < 1.29 is 14.7 Å². The Hall–Kier alpha value is -1.20. The van der Waals surface area contributed by atoms with E-state index in [9.17, 15) is 9.59 Å². The van der Waals surface area contributed by atoms with Crippen LogP contribution in [0.2, 0.25) is 5.02 Å². The Morgan fingerprint density at radius 1 is 1.40 bits per heavy atom. The average Bonchev–Trinajstić information content (AvgIpc) is 2.40. The fourth-order valence-electron chi connectivity index (χ4n) is 1.62. The van der Waals surface area contributed by atoms with E-state index in [1.165, 1.54) is 11.8 Å². The Labute approximate surface area is 127 Å². The first kappa shape index (κ1) is 16.9. The first-order valence-corrected chi connectivity index (χ1v) is 7.65. The van der Waals surface area contributed by atoms with Crippen molar-refractivity contribution in [2.75, 3.05) is 0 Å². The lowest BCUT2D eigenvalue weighted by molar-refractivity contribution is -0.141. The van der Waals surface area contributed by atoms with Gasteiger partial charge in [-0.15, -0.1) is 11.8 Å². The standard InChI is InChI=1S/C14H18ClNO3S/c1-3-6-11(14(18)19)16-13(17)9(2)20-12-8-5-4-7-10(12)15/h4-5,7-9,11H,3,6H2,1-2H3,(H,16,17)(H,18,19). The molecule has 0 saturated carbocycles. The van der Waals surface area contributed by atoms with E-state index in [1.54, 1.807) is 13.0 Å². The highest BCUT2D eigenvalue weighted by Crippen LogP contribution is 2.30. The molecule has 0 aliphatic rings. The number of amides is 1. The van der Waals surface area contributed by atoms with Crippen LogP contribution in [0, 0.1) is 0 Å². The number of rotatable bonds is 7. The summed E-state index contributed by atoms with van der Waals surface area (Å²) in [7, 11) is 0.